The van der Waals surface area contributed by atoms with Gasteiger partial charge in [0.15, 0.2) is 5.78 Å². The molecule has 202 valence electrons. The number of rotatable bonds is 9. The highest BCUT2D eigenvalue weighted by Crippen LogP contribution is 2.33. The topological polar surface area (TPSA) is 108 Å². The summed E-state index contributed by atoms with van der Waals surface area (Å²) in [5.74, 6) is -0.552. The van der Waals surface area contributed by atoms with Crippen molar-refractivity contribution in [3.8, 4) is 10.8 Å². The Morgan fingerprint density at radius 3 is 2.58 bits per heavy atom. The number of nitrogens with zero attached hydrogens (tertiary/aromatic N) is 4. The second-order valence-corrected chi connectivity index (χ2v) is 11.2. The summed E-state index contributed by atoms with van der Waals surface area (Å²) in [7, 11) is 1.40. The van der Waals surface area contributed by atoms with Crippen LogP contribution in [0.2, 0.25) is 0 Å². The van der Waals surface area contributed by atoms with Crippen molar-refractivity contribution in [2.45, 2.75) is 59.2 Å². The summed E-state index contributed by atoms with van der Waals surface area (Å²) in [6.07, 6.45) is 2.16. The van der Waals surface area contributed by atoms with Gasteiger partial charge in [-0.3, -0.25) is 14.2 Å². The van der Waals surface area contributed by atoms with Gasteiger partial charge in [-0.2, -0.15) is 5.10 Å². The predicted octanol–water partition coefficient (Wildman–Crippen LogP) is 3.95. The van der Waals surface area contributed by atoms with E-state index in [-0.39, 0.29) is 41.4 Å². The van der Waals surface area contributed by atoms with E-state index in [0.29, 0.717) is 15.4 Å². The summed E-state index contributed by atoms with van der Waals surface area (Å²) >= 11 is 1.17. The highest BCUT2D eigenvalue weighted by molar-refractivity contribution is 7.21. The Morgan fingerprint density at radius 2 is 1.97 bits per heavy atom. The van der Waals surface area contributed by atoms with E-state index in [2.05, 4.69) is 5.10 Å². The highest BCUT2D eigenvalue weighted by atomic mass is 32.1. The average Bonchev–Trinajstić information content (AvgIpc) is 3.49. The fourth-order valence-electron chi connectivity index (χ4n) is 4.58. The van der Waals surface area contributed by atoms with Gasteiger partial charge in [0.25, 0.3) is 5.56 Å². The maximum atomic E-state index is 14.1. The molecule has 0 unspecified atom stereocenters. The van der Waals surface area contributed by atoms with Crippen LogP contribution in [0.15, 0.2) is 46.2 Å². The number of methoxy groups -OCH3 is 1. The number of aliphatic hydroxyl groups is 1. The standard InChI is InChI=1S/C27H31FN4O5S/c1-15(2)12-21(34)27(4,5)32-23(35)22-16(3)24(31-11-7-10-29-31)38-25(22)30(26(32)36)14-19(33)18-13-17(28)8-9-20(18)37-6/h7-11,13,15,19,33H,12,14H2,1-6H3/t19-/m0/s1. The van der Waals surface area contributed by atoms with E-state index in [4.69, 9.17) is 4.74 Å². The fraction of sp³-hybridized carbons (Fsp3) is 0.407. The molecule has 38 heavy (non-hydrogen) atoms. The van der Waals surface area contributed by atoms with E-state index in [1.165, 1.54) is 35.1 Å². The van der Waals surface area contributed by atoms with Crippen LogP contribution in [0.1, 0.15) is 51.3 Å². The lowest BCUT2D eigenvalue weighted by Gasteiger charge is -2.27. The van der Waals surface area contributed by atoms with E-state index in [1.54, 1.807) is 43.9 Å². The third-order valence-electron chi connectivity index (χ3n) is 6.64. The van der Waals surface area contributed by atoms with Gasteiger partial charge >= 0.3 is 5.69 Å². The summed E-state index contributed by atoms with van der Waals surface area (Å²) in [5, 5.41) is 16.3. The Morgan fingerprint density at radius 1 is 1.26 bits per heavy atom. The van der Waals surface area contributed by atoms with Crippen LogP contribution in [0.25, 0.3) is 15.2 Å². The van der Waals surface area contributed by atoms with Gasteiger partial charge in [0.05, 0.1) is 19.0 Å². The number of aromatic nitrogens is 4. The zero-order chi connectivity index (χ0) is 27.9. The van der Waals surface area contributed by atoms with Gasteiger partial charge in [0, 0.05) is 29.9 Å². The van der Waals surface area contributed by atoms with Gasteiger partial charge in [-0.05, 0) is 51.0 Å². The van der Waals surface area contributed by atoms with Crippen LogP contribution < -0.4 is 16.0 Å². The molecular formula is C27H31FN4O5S. The Kier molecular flexibility index (Phi) is 7.44. The van der Waals surface area contributed by atoms with E-state index in [1.807, 2.05) is 13.8 Å². The molecule has 4 rings (SSSR count). The smallest absolute Gasteiger partial charge is 0.333 e. The van der Waals surface area contributed by atoms with Crippen LogP contribution in [0, 0.1) is 18.7 Å². The fourth-order valence-corrected chi connectivity index (χ4v) is 5.82. The van der Waals surface area contributed by atoms with Gasteiger partial charge in [0.1, 0.15) is 33.0 Å². The molecule has 1 N–H and O–H groups in total. The first-order chi connectivity index (χ1) is 17.9. The molecule has 0 fully saturated rings. The quantitative estimate of drug-likeness (QED) is 0.343. The molecule has 0 amide bonds. The monoisotopic (exact) mass is 542 g/mol. The molecule has 0 radical (unpaired) electrons. The maximum absolute atomic E-state index is 14.1. The summed E-state index contributed by atoms with van der Waals surface area (Å²) in [6.45, 7) is 8.34. The SMILES string of the molecule is COc1ccc(F)cc1[C@@H](O)Cn1c(=O)n(C(C)(C)C(=O)CC(C)C)c(=O)c2c(C)c(-n3cccn3)sc21. The highest BCUT2D eigenvalue weighted by Gasteiger charge is 2.35. The number of thiophene rings is 1. The largest absolute Gasteiger partial charge is 0.496 e. The Hall–Kier alpha value is -3.57. The first-order valence-electron chi connectivity index (χ1n) is 12.2. The van der Waals surface area contributed by atoms with Crippen molar-refractivity contribution in [1.82, 2.24) is 18.9 Å². The Bertz CT molecular complexity index is 1620. The molecular weight excluding hydrogens is 511 g/mol. The third kappa shape index (κ3) is 4.71. The minimum absolute atomic E-state index is 0.0278. The van der Waals surface area contributed by atoms with Gasteiger partial charge in [-0.25, -0.2) is 18.4 Å². The molecule has 0 spiro atoms. The first kappa shape index (κ1) is 27.5. The van der Waals surface area contributed by atoms with Gasteiger partial charge in [-0.1, -0.05) is 25.2 Å². The zero-order valence-corrected chi connectivity index (χ0v) is 23.0. The van der Waals surface area contributed by atoms with Gasteiger partial charge < -0.3 is 9.84 Å². The van der Waals surface area contributed by atoms with E-state index in [0.717, 1.165) is 10.6 Å². The molecule has 0 bridgehead atoms. The van der Waals surface area contributed by atoms with Crippen molar-refractivity contribution in [2.75, 3.05) is 7.11 Å². The van der Waals surface area contributed by atoms with Crippen LogP contribution in [0.3, 0.4) is 0 Å². The Balaban J connectivity index is 2.01. The van der Waals surface area contributed by atoms with Crippen LogP contribution in [0.4, 0.5) is 4.39 Å². The zero-order valence-electron chi connectivity index (χ0n) is 22.2. The normalized spacial score (nSPS) is 12.9. The molecule has 0 aliphatic carbocycles. The van der Waals surface area contributed by atoms with Gasteiger partial charge in [-0.15, -0.1) is 0 Å². The molecule has 3 heterocycles. The lowest BCUT2D eigenvalue weighted by molar-refractivity contribution is -0.127. The molecule has 1 aromatic carbocycles. The second kappa shape index (κ2) is 10.3. The minimum Gasteiger partial charge on any atom is -0.496 e. The molecule has 1 atom stereocenters. The van der Waals surface area contributed by atoms with Crippen LogP contribution in [-0.4, -0.2) is 36.9 Å². The lowest BCUT2D eigenvalue weighted by atomic mass is 9.91. The lowest BCUT2D eigenvalue weighted by Crippen LogP contribution is -2.53. The van der Waals surface area contributed by atoms with E-state index < -0.39 is 28.7 Å². The predicted molar refractivity (Wildman–Crippen MR) is 144 cm³/mol. The van der Waals surface area contributed by atoms with Crippen molar-refractivity contribution in [3.63, 3.8) is 0 Å². The number of hydrogen-bond donors (Lipinski definition) is 1. The molecule has 3 aromatic heterocycles. The number of fused-ring (bicyclic) bond motifs is 1. The van der Waals surface area contributed by atoms with Crippen molar-refractivity contribution in [1.29, 1.82) is 0 Å². The number of halogens is 1. The molecule has 0 saturated carbocycles. The summed E-state index contributed by atoms with van der Waals surface area (Å²) in [6, 6.07) is 5.49. The number of aliphatic hydroxyl groups excluding tert-OH is 1. The van der Waals surface area contributed by atoms with E-state index >= 15 is 0 Å². The number of carbonyl (C=O) groups is 1. The van der Waals surface area contributed by atoms with Crippen LogP contribution in [-0.2, 0) is 16.9 Å². The molecule has 0 aliphatic rings. The summed E-state index contributed by atoms with van der Waals surface area (Å²) < 4.78 is 23.2. The number of ketones is 1. The molecule has 4 aromatic rings. The van der Waals surface area contributed by atoms with Crippen molar-refractivity contribution in [2.24, 2.45) is 5.92 Å². The third-order valence-corrected chi connectivity index (χ3v) is 7.95. The molecule has 0 saturated heterocycles. The maximum Gasteiger partial charge on any atom is 0.333 e. The van der Waals surface area contributed by atoms with Crippen molar-refractivity contribution in [3.05, 3.63) is 74.4 Å². The number of benzene rings is 1. The first-order valence-corrected chi connectivity index (χ1v) is 13.0. The second-order valence-electron chi connectivity index (χ2n) is 10.2. The van der Waals surface area contributed by atoms with E-state index in [9.17, 15) is 23.9 Å². The average molecular weight is 543 g/mol. The van der Waals surface area contributed by atoms with Gasteiger partial charge in [0.2, 0.25) is 0 Å². The Labute approximate surface area is 222 Å². The van der Waals surface area contributed by atoms with Crippen LogP contribution in [0.5, 0.6) is 5.75 Å². The van der Waals surface area contributed by atoms with Crippen molar-refractivity contribution < 1.29 is 19.0 Å². The molecule has 0 aliphatic heterocycles. The molecule has 9 nitrogen and oxygen atoms in total. The van der Waals surface area contributed by atoms with Crippen LogP contribution >= 0.6 is 11.3 Å². The number of hydrogen-bond acceptors (Lipinski definition) is 7. The number of ether oxygens (including phenoxy) is 1. The molecule has 11 heteroatoms. The van der Waals surface area contributed by atoms with Crippen molar-refractivity contribution >= 4 is 27.3 Å². The summed E-state index contributed by atoms with van der Waals surface area (Å²) in [4.78, 5) is 41.4. The number of carbonyl (C=O) groups excluding carboxylic acids is 1. The number of aryl methyl sites for hydroxylation is 1. The number of Topliss-reactive ketones (excluding diaryl/α,β-unsaturated/α-hetero) is 1. The summed E-state index contributed by atoms with van der Waals surface area (Å²) in [5.41, 5.74) is -2.04. The minimum atomic E-state index is -1.45.